The Balaban J connectivity index is 2.31. The number of nitrogens with zero attached hydrogens (tertiary/aromatic N) is 1. The summed E-state index contributed by atoms with van der Waals surface area (Å²) in [5.41, 5.74) is 0.621. The Kier molecular flexibility index (Phi) is 3.38. The van der Waals surface area contributed by atoms with Crippen LogP contribution in [0.15, 0.2) is 30.3 Å². The van der Waals surface area contributed by atoms with Crippen LogP contribution in [0.2, 0.25) is 0 Å². The van der Waals surface area contributed by atoms with Gasteiger partial charge in [-0.05, 0) is 5.56 Å². The fourth-order valence-electron chi connectivity index (χ4n) is 2.05. The summed E-state index contributed by atoms with van der Waals surface area (Å²) in [5, 5.41) is 9.20. The highest BCUT2D eigenvalue weighted by atomic mass is 32.1. The first kappa shape index (κ1) is 12.0. The van der Waals surface area contributed by atoms with Gasteiger partial charge in [-0.1, -0.05) is 30.3 Å². The van der Waals surface area contributed by atoms with Crippen molar-refractivity contribution in [2.75, 3.05) is 6.54 Å². The van der Waals surface area contributed by atoms with Gasteiger partial charge in [0, 0.05) is 18.2 Å². The molecule has 90 valence electrons. The first-order chi connectivity index (χ1) is 8.09. The zero-order chi connectivity index (χ0) is 12.4. The summed E-state index contributed by atoms with van der Waals surface area (Å²) >= 11 is 4.23. The summed E-state index contributed by atoms with van der Waals surface area (Å²) in [7, 11) is 0. The Bertz CT molecular complexity index is 435. The van der Waals surface area contributed by atoms with Gasteiger partial charge in [0.25, 0.3) is 0 Å². The largest absolute Gasteiger partial charge is 0.479 e. The molecule has 2 unspecified atom stereocenters. The maximum absolute atomic E-state index is 11.7. The smallest absolute Gasteiger partial charge is 0.331 e. The highest BCUT2D eigenvalue weighted by Crippen LogP contribution is 2.28. The van der Waals surface area contributed by atoms with E-state index in [0.717, 1.165) is 0 Å². The Morgan fingerprint density at radius 1 is 1.41 bits per heavy atom. The molecule has 0 saturated carbocycles. The summed E-state index contributed by atoms with van der Waals surface area (Å²) < 4.78 is 0. The average Bonchev–Trinajstić information content (AvgIpc) is 2.59. The maximum Gasteiger partial charge on any atom is 0.331 e. The summed E-state index contributed by atoms with van der Waals surface area (Å²) in [6, 6.07) is 7.89. The quantitative estimate of drug-likeness (QED) is 0.797. The van der Waals surface area contributed by atoms with Crippen molar-refractivity contribution in [2.45, 2.75) is 17.7 Å². The molecule has 2 atom stereocenters. The van der Waals surface area contributed by atoms with E-state index in [-0.39, 0.29) is 11.2 Å². The average molecular weight is 251 g/mol. The fourth-order valence-corrected chi connectivity index (χ4v) is 2.38. The summed E-state index contributed by atoms with van der Waals surface area (Å²) in [6.45, 7) is 0.383. The lowest BCUT2D eigenvalue weighted by Gasteiger charge is -2.24. The SMILES string of the molecule is O=C(O)C(c1ccccc1)N1CC(S)CC1=O. The number of benzene rings is 1. The molecule has 1 aromatic carbocycles. The van der Waals surface area contributed by atoms with Crippen molar-refractivity contribution in [3.8, 4) is 0 Å². The van der Waals surface area contributed by atoms with E-state index >= 15 is 0 Å². The molecule has 1 amide bonds. The van der Waals surface area contributed by atoms with Crippen LogP contribution in [-0.2, 0) is 9.59 Å². The van der Waals surface area contributed by atoms with Gasteiger partial charge in [-0.3, -0.25) is 4.79 Å². The van der Waals surface area contributed by atoms with E-state index in [0.29, 0.717) is 18.5 Å². The van der Waals surface area contributed by atoms with Crippen molar-refractivity contribution in [3.05, 3.63) is 35.9 Å². The molecule has 1 fully saturated rings. The minimum Gasteiger partial charge on any atom is -0.479 e. The van der Waals surface area contributed by atoms with Crippen molar-refractivity contribution in [2.24, 2.45) is 0 Å². The van der Waals surface area contributed by atoms with Gasteiger partial charge in [0.15, 0.2) is 6.04 Å². The van der Waals surface area contributed by atoms with E-state index in [9.17, 15) is 14.7 Å². The molecule has 4 nitrogen and oxygen atoms in total. The number of carboxylic acid groups (broad SMARTS) is 1. The molecule has 0 spiro atoms. The highest BCUT2D eigenvalue weighted by molar-refractivity contribution is 7.81. The van der Waals surface area contributed by atoms with Crippen molar-refractivity contribution in [1.82, 2.24) is 4.90 Å². The van der Waals surface area contributed by atoms with Crippen LogP contribution in [0.4, 0.5) is 0 Å². The molecule has 0 bridgehead atoms. The van der Waals surface area contributed by atoms with Crippen molar-refractivity contribution in [1.29, 1.82) is 0 Å². The van der Waals surface area contributed by atoms with E-state index in [4.69, 9.17) is 0 Å². The maximum atomic E-state index is 11.7. The van der Waals surface area contributed by atoms with Gasteiger partial charge in [-0.15, -0.1) is 0 Å². The van der Waals surface area contributed by atoms with Crippen LogP contribution in [-0.4, -0.2) is 33.7 Å². The molecule has 1 N–H and O–H groups in total. The molecule has 1 aliphatic heterocycles. The molecule has 1 heterocycles. The van der Waals surface area contributed by atoms with Crippen molar-refractivity contribution in [3.63, 3.8) is 0 Å². The number of amides is 1. The molecule has 2 rings (SSSR count). The number of carboxylic acids is 1. The number of carbonyl (C=O) groups excluding carboxylic acids is 1. The zero-order valence-corrected chi connectivity index (χ0v) is 10.0. The number of hydrogen-bond donors (Lipinski definition) is 2. The van der Waals surface area contributed by atoms with Crippen LogP contribution in [0.1, 0.15) is 18.0 Å². The molecule has 1 saturated heterocycles. The summed E-state index contributed by atoms with van der Waals surface area (Å²) in [6.07, 6.45) is 0.305. The minimum atomic E-state index is -1.01. The van der Waals surface area contributed by atoms with Crippen LogP contribution in [0, 0.1) is 0 Å². The van der Waals surface area contributed by atoms with E-state index in [1.165, 1.54) is 4.90 Å². The molecule has 0 aliphatic carbocycles. The van der Waals surface area contributed by atoms with E-state index < -0.39 is 12.0 Å². The number of likely N-dealkylation sites (tertiary alicyclic amines) is 1. The normalized spacial score (nSPS) is 21.6. The Morgan fingerprint density at radius 2 is 2.06 bits per heavy atom. The third kappa shape index (κ3) is 2.44. The molecule has 5 heteroatoms. The standard InChI is InChI=1S/C12H13NO3S/c14-10-6-9(17)7-13(10)11(12(15)16)8-4-2-1-3-5-8/h1-5,9,11,17H,6-7H2,(H,15,16). The van der Waals surface area contributed by atoms with Crippen LogP contribution in [0.25, 0.3) is 0 Å². The Hall–Kier alpha value is -1.49. The van der Waals surface area contributed by atoms with Gasteiger partial charge in [0.05, 0.1) is 0 Å². The second-order valence-electron chi connectivity index (χ2n) is 4.06. The van der Waals surface area contributed by atoms with Gasteiger partial charge in [-0.2, -0.15) is 12.6 Å². The number of rotatable bonds is 3. The summed E-state index contributed by atoms with van der Waals surface area (Å²) in [5.74, 6) is -1.16. The van der Waals surface area contributed by atoms with Gasteiger partial charge < -0.3 is 10.0 Å². The van der Waals surface area contributed by atoms with Crippen LogP contribution >= 0.6 is 12.6 Å². The first-order valence-electron chi connectivity index (χ1n) is 5.35. The second-order valence-corrected chi connectivity index (χ2v) is 4.79. The van der Waals surface area contributed by atoms with Crippen LogP contribution < -0.4 is 0 Å². The lowest BCUT2D eigenvalue weighted by Crippen LogP contribution is -2.35. The van der Waals surface area contributed by atoms with Crippen molar-refractivity contribution >= 4 is 24.5 Å². The van der Waals surface area contributed by atoms with Gasteiger partial charge >= 0.3 is 5.97 Å². The Labute approximate surface area is 105 Å². The third-order valence-corrected chi connectivity index (χ3v) is 3.14. The number of carbonyl (C=O) groups is 2. The van der Waals surface area contributed by atoms with Gasteiger partial charge in [0.2, 0.25) is 5.91 Å². The van der Waals surface area contributed by atoms with Crippen LogP contribution in [0.5, 0.6) is 0 Å². The lowest BCUT2D eigenvalue weighted by molar-refractivity contribution is -0.148. The van der Waals surface area contributed by atoms with E-state index in [1.54, 1.807) is 24.3 Å². The molecule has 17 heavy (non-hydrogen) atoms. The minimum absolute atomic E-state index is 0.0759. The predicted octanol–water partition coefficient (Wildman–Crippen LogP) is 1.34. The van der Waals surface area contributed by atoms with Gasteiger partial charge in [-0.25, -0.2) is 4.79 Å². The van der Waals surface area contributed by atoms with Crippen LogP contribution in [0.3, 0.4) is 0 Å². The molecular weight excluding hydrogens is 238 g/mol. The molecule has 1 aromatic rings. The number of hydrogen-bond acceptors (Lipinski definition) is 3. The Morgan fingerprint density at radius 3 is 2.53 bits per heavy atom. The number of thiol groups is 1. The first-order valence-corrected chi connectivity index (χ1v) is 5.86. The zero-order valence-electron chi connectivity index (χ0n) is 9.11. The molecule has 1 aliphatic rings. The topological polar surface area (TPSA) is 57.6 Å². The molecule has 0 radical (unpaired) electrons. The predicted molar refractivity (Wildman–Crippen MR) is 65.9 cm³/mol. The fraction of sp³-hybridized carbons (Fsp3) is 0.333. The molecule has 0 aromatic heterocycles. The van der Waals surface area contributed by atoms with E-state index in [2.05, 4.69) is 12.6 Å². The lowest BCUT2D eigenvalue weighted by atomic mass is 10.1. The number of aliphatic carboxylic acids is 1. The third-order valence-electron chi connectivity index (χ3n) is 2.80. The van der Waals surface area contributed by atoms with E-state index in [1.807, 2.05) is 6.07 Å². The van der Waals surface area contributed by atoms with Crippen molar-refractivity contribution < 1.29 is 14.7 Å². The summed E-state index contributed by atoms with van der Waals surface area (Å²) in [4.78, 5) is 24.4. The van der Waals surface area contributed by atoms with Gasteiger partial charge in [0.1, 0.15) is 0 Å². The highest BCUT2D eigenvalue weighted by Gasteiger charge is 2.37. The monoisotopic (exact) mass is 251 g/mol. The molecular formula is C12H13NO3S. The second kappa shape index (κ2) is 4.79.